The first kappa shape index (κ1) is 13.7. The van der Waals surface area contributed by atoms with E-state index in [4.69, 9.17) is 4.55 Å². The third-order valence-corrected chi connectivity index (χ3v) is 3.41. The lowest BCUT2D eigenvalue weighted by Gasteiger charge is -2.14. The first-order valence-electron chi connectivity index (χ1n) is 5.06. The third-order valence-electron chi connectivity index (χ3n) is 2.75. The number of pyridine rings is 1. The first-order chi connectivity index (χ1) is 7.69. The van der Waals surface area contributed by atoms with E-state index in [-0.39, 0.29) is 18.0 Å². The Balaban J connectivity index is 3.62. The zero-order valence-corrected chi connectivity index (χ0v) is 10.7. The Hall–Kier alpha value is -1.34. The second kappa shape index (κ2) is 4.50. The molecule has 0 amide bonds. The highest BCUT2D eigenvalue weighted by Crippen LogP contribution is 2.21. The molecule has 17 heavy (non-hydrogen) atoms. The van der Waals surface area contributed by atoms with Crippen LogP contribution in [-0.4, -0.2) is 22.6 Å². The summed E-state index contributed by atoms with van der Waals surface area (Å²) in [6.45, 7) is 5.01. The lowest BCUT2D eigenvalue weighted by atomic mass is 10.1. The molecule has 0 spiro atoms. The second-order valence-electron chi connectivity index (χ2n) is 3.83. The van der Waals surface area contributed by atoms with E-state index >= 15 is 0 Å². The van der Waals surface area contributed by atoms with Gasteiger partial charge < -0.3 is 5.11 Å². The fraction of sp³-hybridized carbons (Fsp3) is 0.500. The topological polar surface area (TPSA) is 96.6 Å². The van der Waals surface area contributed by atoms with Crippen LogP contribution in [0, 0.1) is 13.8 Å². The second-order valence-corrected chi connectivity index (χ2v) is 5.28. The summed E-state index contributed by atoms with van der Waals surface area (Å²) in [6.07, 6.45) is 0. The molecule has 96 valence electrons. The lowest BCUT2D eigenvalue weighted by Crippen LogP contribution is -2.27. The Kier molecular flexibility index (Phi) is 3.63. The molecule has 2 N–H and O–H groups in total. The highest BCUT2D eigenvalue weighted by molar-refractivity contribution is 7.85. The molecule has 0 unspecified atom stereocenters. The highest BCUT2D eigenvalue weighted by atomic mass is 32.2. The van der Waals surface area contributed by atoms with E-state index in [0.29, 0.717) is 11.1 Å². The Morgan fingerprint density at radius 3 is 2.18 bits per heavy atom. The maximum atomic E-state index is 11.9. The SMILES string of the molecule is CCn1c(O)c(C)c(C)c(CS(=O)(=O)O)c1=O. The van der Waals surface area contributed by atoms with E-state index in [0.717, 1.165) is 4.57 Å². The normalized spacial score (nSPS) is 11.8. The molecule has 0 bridgehead atoms. The predicted molar refractivity (Wildman–Crippen MR) is 62.8 cm³/mol. The van der Waals surface area contributed by atoms with Crippen LogP contribution >= 0.6 is 0 Å². The molecule has 6 nitrogen and oxygen atoms in total. The molecule has 0 aromatic carbocycles. The number of hydrogen-bond donors (Lipinski definition) is 2. The highest BCUT2D eigenvalue weighted by Gasteiger charge is 2.19. The van der Waals surface area contributed by atoms with Crippen molar-refractivity contribution >= 4 is 10.1 Å². The van der Waals surface area contributed by atoms with Gasteiger partial charge in [0.15, 0.2) is 5.88 Å². The molecule has 1 heterocycles. The molecule has 7 heteroatoms. The summed E-state index contributed by atoms with van der Waals surface area (Å²) in [4.78, 5) is 11.9. The zero-order valence-electron chi connectivity index (χ0n) is 9.89. The zero-order chi connectivity index (χ0) is 13.4. The molecule has 1 aromatic heterocycles. The van der Waals surface area contributed by atoms with Gasteiger partial charge in [-0.1, -0.05) is 0 Å². The number of aromatic hydroxyl groups is 1. The molecule has 1 aromatic rings. The Morgan fingerprint density at radius 2 is 1.76 bits per heavy atom. The molecule has 0 aliphatic heterocycles. The molecule has 0 saturated heterocycles. The van der Waals surface area contributed by atoms with Gasteiger partial charge in [-0.2, -0.15) is 8.42 Å². The van der Waals surface area contributed by atoms with E-state index < -0.39 is 21.4 Å². The van der Waals surface area contributed by atoms with Gasteiger partial charge >= 0.3 is 0 Å². The maximum Gasteiger partial charge on any atom is 0.269 e. The van der Waals surface area contributed by atoms with Crippen molar-refractivity contribution < 1.29 is 18.1 Å². The van der Waals surface area contributed by atoms with Gasteiger partial charge in [0.2, 0.25) is 0 Å². The molecular weight excluding hydrogens is 246 g/mol. The van der Waals surface area contributed by atoms with Crippen LogP contribution in [0.15, 0.2) is 4.79 Å². The summed E-state index contributed by atoms with van der Waals surface area (Å²) >= 11 is 0. The van der Waals surface area contributed by atoms with E-state index in [1.165, 1.54) is 6.92 Å². The molecule has 0 saturated carbocycles. The van der Waals surface area contributed by atoms with E-state index in [1.54, 1.807) is 13.8 Å². The van der Waals surface area contributed by atoms with Crippen molar-refractivity contribution in [2.45, 2.75) is 33.1 Å². The molecular formula is C10H15NO5S. The minimum absolute atomic E-state index is 0.00958. The van der Waals surface area contributed by atoms with Gasteiger partial charge in [-0.15, -0.1) is 0 Å². The van der Waals surface area contributed by atoms with Crippen molar-refractivity contribution in [3.63, 3.8) is 0 Å². The molecule has 1 rings (SSSR count). The number of rotatable bonds is 3. The van der Waals surface area contributed by atoms with Crippen LogP contribution in [0.25, 0.3) is 0 Å². The van der Waals surface area contributed by atoms with Crippen LogP contribution in [0.4, 0.5) is 0 Å². The Morgan fingerprint density at radius 1 is 1.24 bits per heavy atom. The lowest BCUT2D eigenvalue weighted by molar-refractivity contribution is 0.404. The summed E-state index contributed by atoms with van der Waals surface area (Å²) in [5.74, 6) is -0.909. The summed E-state index contributed by atoms with van der Waals surface area (Å²) in [7, 11) is -4.27. The summed E-state index contributed by atoms with van der Waals surface area (Å²) in [6, 6.07) is 0. The van der Waals surface area contributed by atoms with Gasteiger partial charge in [0.1, 0.15) is 5.75 Å². The number of aromatic nitrogens is 1. The van der Waals surface area contributed by atoms with Gasteiger partial charge in [-0.05, 0) is 26.3 Å². The third kappa shape index (κ3) is 2.67. The van der Waals surface area contributed by atoms with Crippen LogP contribution in [0.3, 0.4) is 0 Å². The number of nitrogens with zero attached hydrogens (tertiary/aromatic N) is 1. The monoisotopic (exact) mass is 261 g/mol. The predicted octanol–water partition coefficient (Wildman–Crippen LogP) is 0.578. The average molecular weight is 261 g/mol. The summed E-state index contributed by atoms with van der Waals surface area (Å²) in [5.41, 5.74) is 0.218. The quantitative estimate of drug-likeness (QED) is 0.776. The molecule has 0 fully saturated rings. The summed E-state index contributed by atoms with van der Waals surface area (Å²) < 4.78 is 31.6. The van der Waals surface area contributed by atoms with Crippen LogP contribution in [-0.2, 0) is 22.4 Å². The smallest absolute Gasteiger partial charge is 0.269 e. The van der Waals surface area contributed by atoms with Crippen molar-refractivity contribution in [3.8, 4) is 5.88 Å². The van der Waals surface area contributed by atoms with E-state index in [2.05, 4.69) is 0 Å². The minimum Gasteiger partial charge on any atom is -0.494 e. The van der Waals surface area contributed by atoms with Gasteiger partial charge in [-0.25, -0.2) is 0 Å². The van der Waals surface area contributed by atoms with Crippen LogP contribution < -0.4 is 5.56 Å². The molecule has 0 radical (unpaired) electrons. The Labute approximate surface area is 99.3 Å². The van der Waals surface area contributed by atoms with E-state index in [1.807, 2.05) is 0 Å². The largest absolute Gasteiger partial charge is 0.494 e. The van der Waals surface area contributed by atoms with Crippen LogP contribution in [0.5, 0.6) is 5.88 Å². The van der Waals surface area contributed by atoms with Crippen molar-refractivity contribution in [3.05, 3.63) is 27.0 Å². The maximum absolute atomic E-state index is 11.9. The van der Waals surface area contributed by atoms with E-state index in [9.17, 15) is 18.3 Å². The van der Waals surface area contributed by atoms with Gasteiger partial charge in [-0.3, -0.25) is 13.9 Å². The van der Waals surface area contributed by atoms with Crippen molar-refractivity contribution in [2.75, 3.05) is 0 Å². The fourth-order valence-electron chi connectivity index (χ4n) is 1.66. The molecule has 0 atom stereocenters. The van der Waals surface area contributed by atoms with Gasteiger partial charge in [0.05, 0.1) is 0 Å². The standard InChI is InChI=1S/C10H15NO5S/c1-4-11-9(12)7(3)6(2)8(10(11)13)5-17(14,15)16/h12H,4-5H2,1-3H3,(H,14,15,16). The minimum atomic E-state index is -4.27. The van der Waals surface area contributed by atoms with Crippen molar-refractivity contribution in [1.82, 2.24) is 4.57 Å². The van der Waals surface area contributed by atoms with Crippen molar-refractivity contribution in [1.29, 1.82) is 0 Å². The van der Waals surface area contributed by atoms with Gasteiger partial charge in [0.25, 0.3) is 15.7 Å². The fourth-order valence-corrected chi connectivity index (χ4v) is 2.37. The van der Waals surface area contributed by atoms with Crippen LogP contribution in [0.2, 0.25) is 0 Å². The number of hydrogen-bond acceptors (Lipinski definition) is 4. The average Bonchev–Trinajstić information content (AvgIpc) is 2.21. The molecule has 0 aliphatic rings. The molecule has 0 aliphatic carbocycles. The van der Waals surface area contributed by atoms with Crippen LogP contribution in [0.1, 0.15) is 23.6 Å². The van der Waals surface area contributed by atoms with Gasteiger partial charge in [0, 0.05) is 17.7 Å². The summed E-state index contributed by atoms with van der Waals surface area (Å²) in [5, 5.41) is 9.73. The Bertz CT molecular complexity index is 600. The first-order valence-corrected chi connectivity index (χ1v) is 6.67. The van der Waals surface area contributed by atoms with Crippen molar-refractivity contribution in [2.24, 2.45) is 0 Å².